The normalized spacial score (nSPS) is 35.2. The molecule has 0 bridgehead atoms. The summed E-state index contributed by atoms with van der Waals surface area (Å²) in [6, 6.07) is 0.824. The van der Waals surface area contributed by atoms with Gasteiger partial charge < -0.3 is 5.32 Å². The van der Waals surface area contributed by atoms with Crippen LogP contribution in [0.5, 0.6) is 0 Å². The van der Waals surface area contributed by atoms with Crippen molar-refractivity contribution in [2.45, 2.75) is 84.6 Å². The van der Waals surface area contributed by atoms with Gasteiger partial charge in [-0.2, -0.15) is 0 Å². The Balaban J connectivity index is 1.98. The SMILES string of the molecule is CCCNC(C1CCCCC1)C1CC(C)CC(C)C1. The molecule has 0 aromatic heterocycles. The minimum Gasteiger partial charge on any atom is -0.313 e. The van der Waals surface area contributed by atoms with Crippen molar-refractivity contribution in [1.82, 2.24) is 5.32 Å². The van der Waals surface area contributed by atoms with E-state index in [1.54, 1.807) is 0 Å². The van der Waals surface area contributed by atoms with Crippen LogP contribution in [0.15, 0.2) is 0 Å². The Morgan fingerprint density at radius 1 is 0.895 bits per heavy atom. The van der Waals surface area contributed by atoms with Crippen LogP contribution in [0.1, 0.15) is 78.6 Å². The molecule has 0 aliphatic heterocycles. The lowest BCUT2D eigenvalue weighted by molar-refractivity contribution is 0.125. The first kappa shape index (κ1) is 15.4. The zero-order valence-corrected chi connectivity index (χ0v) is 13.5. The highest BCUT2D eigenvalue weighted by atomic mass is 14.9. The van der Waals surface area contributed by atoms with Gasteiger partial charge in [0.15, 0.2) is 0 Å². The Morgan fingerprint density at radius 2 is 1.53 bits per heavy atom. The molecule has 0 amide bonds. The molecule has 2 saturated carbocycles. The van der Waals surface area contributed by atoms with Crippen molar-refractivity contribution in [3.63, 3.8) is 0 Å². The molecule has 19 heavy (non-hydrogen) atoms. The maximum atomic E-state index is 3.95. The van der Waals surface area contributed by atoms with Crippen LogP contribution in [0.25, 0.3) is 0 Å². The average molecular weight is 265 g/mol. The molecular weight excluding hydrogens is 230 g/mol. The third-order valence-electron chi connectivity index (χ3n) is 5.51. The summed E-state index contributed by atoms with van der Waals surface area (Å²) in [7, 11) is 0. The van der Waals surface area contributed by atoms with Gasteiger partial charge in [0, 0.05) is 6.04 Å². The lowest BCUT2D eigenvalue weighted by atomic mass is 9.69. The van der Waals surface area contributed by atoms with Gasteiger partial charge in [-0.25, -0.2) is 0 Å². The molecular formula is C18H35N. The van der Waals surface area contributed by atoms with Crippen molar-refractivity contribution in [2.24, 2.45) is 23.7 Å². The predicted molar refractivity (Wildman–Crippen MR) is 84.3 cm³/mol. The predicted octanol–water partition coefficient (Wildman–Crippen LogP) is 5.01. The Kier molecular flexibility index (Phi) is 6.19. The van der Waals surface area contributed by atoms with Gasteiger partial charge in [0.25, 0.3) is 0 Å². The Morgan fingerprint density at radius 3 is 2.11 bits per heavy atom. The summed E-state index contributed by atoms with van der Waals surface area (Å²) in [6.45, 7) is 8.47. The van der Waals surface area contributed by atoms with E-state index in [1.165, 1.54) is 64.3 Å². The van der Waals surface area contributed by atoms with E-state index in [0.29, 0.717) is 0 Å². The Labute approximate surface area is 120 Å². The number of nitrogens with one attached hydrogen (secondary N) is 1. The van der Waals surface area contributed by atoms with Crippen LogP contribution in [-0.4, -0.2) is 12.6 Å². The summed E-state index contributed by atoms with van der Waals surface area (Å²) < 4.78 is 0. The second-order valence-electron chi connectivity index (χ2n) is 7.56. The smallest absolute Gasteiger partial charge is 0.0124 e. The second-order valence-corrected chi connectivity index (χ2v) is 7.56. The average Bonchev–Trinajstić information content (AvgIpc) is 2.39. The third kappa shape index (κ3) is 4.48. The zero-order valence-electron chi connectivity index (χ0n) is 13.5. The zero-order chi connectivity index (χ0) is 13.7. The minimum absolute atomic E-state index is 0.824. The van der Waals surface area contributed by atoms with E-state index in [9.17, 15) is 0 Å². The lowest BCUT2D eigenvalue weighted by Gasteiger charge is -2.42. The molecule has 0 spiro atoms. The quantitative estimate of drug-likeness (QED) is 0.737. The second kappa shape index (κ2) is 7.67. The molecule has 2 aliphatic rings. The third-order valence-corrected chi connectivity index (χ3v) is 5.51. The van der Waals surface area contributed by atoms with E-state index >= 15 is 0 Å². The van der Waals surface area contributed by atoms with Crippen LogP contribution in [0.3, 0.4) is 0 Å². The van der Waals surface area contributed by atoms with Gasteiger partial charge >= 0.3 is 0 Å². The van der Waals surface area contributed by atoms with E-state index in [1.807, 2.05) is 0 Å². The molecule has 0 saturated heterocycles. The van der Waals surface area contributed by atoms with Gasteiger partial charge in [0.1, 0.15) is 0 Å². The van der Waals surface area contributed by atoms with Crippen molar-refractivity contribution in [2.75, 3.05) is 6.54 Å². The van der Waals surface area contributed by atoms with Crippen LogP contribution >= 0.6 is 0 Å². The monoisotopic (exact) mass is 265 g/mol. The van der Waals surface area contributed by atoms with E-state index in [2.05, 4.69) is 26.1 Å². The fourth-order valence-electron chi connectivity index (χ4n) is 4.82. The summed E-state index contributed by atoms with van der Waals surface area (Å²) >= 11 is 0. The number of rotatable bonds is 5. The molecule has 3 unspecified atom stereocenters. The summed E-state index contributed by atoms with van der Waals surface area (Å²) in [5, 5.41) is 3.95. The van der Waals surface area contributed by atoms with Crippen LogP contribution in [0.4, 0.5) is 0 Å². The van der Waals surface area contributed by atoms with Gasteiger partial charge in [-0.3, -0.25) is 0 Å². The molecule has 3 atom stereocenters. The first-order chi connectivity index (χ1) is 9.20. The molecule has 2 fully saturated rings. The summed E-state index contributed by atoms with van der Waals surface area (Å²) in [5.74, 6) is 3.82. The van der Waals surface area contributed by atoms with Crippen molar-refractivity contribution < 1.29 is 0 Å². The number of hydrogen-bond donors (Lipinski definition) is 1. The maximum Gasteiger partial charge on any atom is 0.0124 e. The standard InChI is InChI=1S/C18H35N/c1-4-10-19-18(16-8-6-5-7-9-16)17-12-14(2)11-15(3)13-17/h14-19H,4-13H2,1-3H3. The number of hydrogen-bond acceptors (Lipinski definition) is 1. The molecule has 0 radical (unpaired) electrons. The largest absolute Gasteiger partial charge is 0.313 e. The Hall–Kier alpha value is -0.0400. The summed E-state index contributed by atoms with van der Waals surface area (Å²) in [5.41, 5.74) is 0. The Bertz CT molecular complexity index is 234. The highest BCUT2D eigenvalue weighted by Crippen LogP contribution is 2.39. The first-order valence-electron chi connectivity index (χ1n) is 8.94. The molecule has 112 valence electrons. The lowest BCUT2D eigenvalue weighted by Crippen LogP contribution is -2.45. The summed E-state index contributed by atoms with van der Waals surface area (Å²) in [4.78, 5) is 0. The highest BCUT2D eigenvalue weighted by molar-refractivity contribution is 4.89. The van der Waals surface area contributed by atoms with Gasteiger partial charge in [-0.05, 0) is 68.7 Å². The summed E-state index contributed by atoms with van der Waals surface area (Å²) in [6.07, 6.45) is 13.1. The molecule has 0 aromatic rings. The van der Waals surface area contributed by atoms with E-state index in [4.69, 9.17) is 0 Å². The van der Waals surface area contributed by atoms with Gasteiger partial charge in [-0.15, -0.1) is 0 Å². The fraction of sp³-hybridized carbons (Fsp3) is 1.00. The minimum atomic E-state index is 0.824. The van der Waals surface area contributed by atoms with Gasteiger partial charge in [-0.1, -0.05) is 40.0 Å². The molecule has 1 heteroatoms. The van der Waals surface area contributed by atoms with E-state index < -0.39 is 0 Å². The fourth-order valence-corrected chi connectivity index (χ4v) is 4.82. The van der Waals surface area contributed by atoms with Crippen LogP contribution in [0.2, 0.25) is 0 Å². The molecule has 1 N–H and O–H groups in total. The van der Waals surface area contributed by atoms with Crippen molar-refractivity contribution in [1.29, 1.82) is 0 Å². The van der Waals surface area contributed by atoms with Gasteiger partial charge in [0.05, 0.1) is 0 Å². The van der Waals surface area contributed by atoms with E-state index in [-0.39, 0.29) is 0 Å². The molecule has 1 nitrogen and oxygen atoms in total. The highest BCUT2D eigenvalue weighted by Gasteiger charge is 2.34. The van der Waals surface area contributed by atoms with Crippen molar-refractivity contribution in [3.8, 4) is 0 Å². The first-order valence-corrected chi connectivity index (χ1v) is 8.94. The van der Waals surface area contributed by atoms with Crippen molar-refractivity contribution >= 4 is 0 Å². The molecule has 2 rings (SSSR count). The molecule has 2 aliphatic carbocycles. The van der Waals surface area contributed by atoms with Crippen LogP contribution in [0, 0.1) is 23.7 Å². The van der Waals surface area contributed by atoms with E-state index in [0.717, 1.165) is 29.7 Å². The van der Waals surface area contributed by atoms with Gasteiger partial charge in [0.2, 0.25) is 0 Å². The van der Waals surface area contributed by atoms with Crippen LogP contribution < -0.4 is 5.32 Å². The maximum absolute atomic E-state index is 3.95. The molecule has 0 aromatic carbocycles. The molecule has 0 heterocycles. The van der Waals surface area contributed by atoms with Crippen LogP contribution in [-0.2, 0) is 0 Å². The van der Waals surface area contributed by atoms with Crippen molar-refractivity contribution in [3.05, 3.63) is 0 Å². The topological polar surface area (TPSA) is 12.0 Å².